The van der Waals surface area contributed by atoms with Gasteiger partial charge in [0.1, 0.15) is 0 Å². The van der Waals surface area contributed by atoms with Gasteiger partial charge in [0.25, 0.3) is 0 Å². The highest BCUT2D eigenvalue weighted by Gasteiger charge is 2.46. The molecular weight excluding hydrogens is 216 g/mol. The Hall–Kier alpha value is -0.830. The summed E-state index contributed by atoms with van der Waals surface area (Å²) < 4.78 is 5.30. The number of Topliss-reactive ketones (excluding diaryl/α,β-unsaturated/α-hetero) is 1. The van der Waals surface area contributed by atoms with Crippen molar-refractivity contribution in [2.45, 2.75) is 53.1 Å². The predicted molar refractivity (Wildman–Crippen MR) is 67.5 cm³/mol. The van der Waals surface area contributed by atoms with Crippen LogP contribution >= 0.6 is 0 Å². The van der Waals surface area contributed by atoms with E-state index in [1.807, 2.05) is 13.8 Å². The number of methoxy groups -OCH3 is 1. The summed E-state index contributed by atoms with van der Waals surface area (Å²) in [4.78, 5) is 12.4. The minimum absolute atomic E-state index is 0.0449. The van der Waals surface area contributed by atoms with Gasteiger partial charge in [-0.05, 0) is 37.7 Å². The van der Waals surface area contributed by atoms with Crippen LogP contribution in [0.3, 0.4) is 0 Å². The Bertz CT molecular complexity index is 332. The summed E-state index contributed by atoms with van der Waals surface area (Å²) in [6.07, 6.45) is 1.54. The molecule has 1 aliphatic carbocycles. The zero-order valence-corrected chi connectivity index (χ0v) is 11.5. The maximum atomic E-state index is 12.4. The van der Waals surface area contributed by atoms with Crippen molar-refractivity contribution in [3.63, 3.8) is 0 Å². The van der Waals surface area contributed by atoms with Crippen molar-refractivity contribution in [2.75, 3.05) is 7.11 Å². The molecule has 17 heavy (non-hydrogen) atoms. The highest BCUT2D eigenvalue weighted by Crippen LogP contribution is 2.41. The number of rotatable bonds is 4. The van der Waals surface area contributed by atoms with Crippen molar-refractivity contribution in [1.82, 2.24) is 0 Å². The van der Waals surface area contributed by atoms with Crippen LogP contribution in [0.1, 0.15) is 47.0 Å². The number of ether oxygens (including phenoxy) is 1. The van der Waals surface area contributed by atoms with E-state index in [1.54, 1.807) is 7.11 Å². The smallest absolute Gasteiger partial charge is 0.205 e. The third-order valence-corrected chi connectivity index (χ3v) is 4.31. The quantitative estimate of drug-likeness (QED) is 0.821. The number of ketones is 1. The first kappa shape index (κ1) is 14.2. The average molecular weight is 240 g/mol. The van der Waals surface area contributed by atoms with Gasteiger partial charge in [0.05, 0.1) is 18.6 Å². The van der Waals surface area contributed by atoms with Crippen molar-refractivity contribution in [2.24, 2.45) is 11.3 Å². The lowest BCUT2D eigenvalue weighted by atomic mass is 9.68. The first-order valence-corrected chi connectivity index (χ1v) is 6.42. The van der Waals surface area contributed by atoms with Gasteiger partial charge in [0, 0.05) is 0 Å². The van der Waals surface area contributed by atoms with E-state index in [4.69, 9.17) is 4.74 Å². The van der Waals surface area contributed by atoms with E-state index in [9.17, 15) is 9.90 Å². The van der Waals surface area contributed by atoms with E-state index in [0.29, 0.717) is 18.6 Å². The number of aliphatic hydroxyl groups is 1. The molecule has 3 heteroatoms. The highest BCUT2D eigenvalue weighted by atomic mass is 16.5. The Balaban J connectivity index is 3.22. The molecule has 0 fully saturated rings. The van der Waals surface area contributed by atoms with Crippen molar-refractivity contribution in [3.05, 3.63) is 11.3 Å². The molecule has 1 rings (SSSR count). The largest absolute Gasteiger partial charge is 0.493 e. The second-order valence-corrected chi connectivity index (χ2v) is 5.19. The maximum absolute atomic E-state index is 12.4. The van der Waals surface area contributed by atoms with Crippen LogP contribution in [0.5, 0.6) is 0 Å². The minimum Gasteiger partial charge on any atom is -0.493 e. The summed E-state index contributed by atoms with van der Waals surface area (Å²) in [6.45, 7) is 7.91. The summed E-state index contributed by atoms with van der Waals surface area (Å²) in [7, 11) is 1.55. The molecule has 3 nitrogen and oxygen atoms in total. The Labute approximate surface area is 104 Å². The van der Waals surface area contributed by atoms with Gasteiger partial charge in [-0.25, -0.2) is 0 Å². The first-order chi connectivity index (χ1) is 7.92. The van der Waals surface area contributed by atoms with Crippen LogP contribution in [0.2, 0.25) is 0 Å². The molecule has 0 aromatic carbocycles. The number of hydrogen-bond donors (Lipinski definition) is 1. The minimum atomic E-state index is -0.692. The normalized spacial score (nSPS) is 31.6. The van der Waals surface area contributed by atoms with Gasteiger partial charge < -0.3 is 9.84 Å². The fraction of sp³-hybridized carbons (Fsp3) is 0.786. The molecular formula is C14H24O3. The summed E-state index contributed by atoms with van der Waals surface area (Å²) in [5.74, 6) is 0.718. The number of aliphatic hydroxyl groups excluding tert-OH is 1. The van der Waals surface area contributed by atoms with Gasteiger partial charge in [0.15, 0.2) is 5.76 Å². The molecule has 0 aromatic rings. The SMILES string of the molecule is CC[C@H](C)C1=C(OC)C(=O)[C@@](C)(CC)[C@@H](O)C1. The number of carbonyl (C=O) groups is 1. The number of allylic oxidation sites excluding steroid dienone is 1. The van der Waals surface area contributed by atoms with Crippen LogP contribution in [0, 0.1) is 11.3 Å². The molecule has 0 radical (unpaired) electrons. The van der Waals surface area contributed by atoms with Crippen LogP contribution in [-0.4, -0.2) is 24.1 Å². The predicted octanol–water partition coefficient (Wildman–Crippen LogP) is 2.68. The summed E-state index contributed by atoms with van der Waals surface area (Å²) in [5.41, 5.74) is 0.279. The van der Waals surface area contributed by atoms with Crippen molar-refractivity contribution in [1.29, 1.82) is 0 Å². The molecule has 98 valence electrons. The van der Waals surface area contributed by atoms with Gasteiger partial charge in [-0.2, -0.15) is 0 Å². The molecule has 3 atom stereocenters. The monoisotopic (exact) mass is 240 g/mol. The molecule has 0 saturated carbocycles. The molecule has 0 spiro atoms. The van der Waals surface area contributed by atoms with Crippen LogP contribution < -0.4 is 0 Å². The Kier molecular flexibility index (Phi) is 4.36. The lowest BCUT2D eigenvalue weighted by molar-refractivity contribution is -0.136. The van der Waals surface area contributed by atoms with Gasteiger partial charge in [-0.1, -0.05) is 20.8 Å². The molecule has 1 aliphatic rings. The topological polar surface area (TPSA) is 46.5 Å². The highest BCUT2D eigenvalue weighted by molar-refractivity contribution is 6.00. The second-order valence-electron chi connectivity index (χ2n) is 5.19. The summed E-state index contributed by atoms with van der Waals surface area (Å²) in [6, 6.07) is 0. The van der Waals surface area contributed by atoms with Gasteiger partial charge in [-0.15, -0.1) is 0 Å². The van der Waals surface area contributed by atoms with Crippen LogP contribution in [0.15, 0.2) is 11.3 Å². The van der Waals surface area contributed by atoms with Crippen LogP contribution in [-0.2, 0) is 9.53 Å². The Morgan fingerprint density at radius 1 is 1.53 bits per heavy atom. The lowest BCUT2D eigenvalue weighted by Crippen LogP contribution is -2.45. The van der Waals surface area contributed by atoms with Crippen molar-refractivity contribution in [3.8, 4) is 0 Å². The van der Waals surface area contributed by atoms with E-state index >= 15 is 0 Å². The maximum Gasteiger partial charge on any atom is 0.205 e. The van der Waals surface area contributed by atoms with Crippen LogP contribution in [0.4, 0.5) is 0 Å². The third-order valence-electron chi connectivity index (χ3n) is 4.31. The number of carbonyl (C=O) groups excluding carboxylic acids is 1. The van der Waals surface area contributed by atoms with Crippen molar-refractivity contribution >= 4 is 5.78 Å². The van der Waals surface area contributed by atoms with E-state index < -0.39 is 11.5 Å². The zero-order valence-electron chi connectivity index (χ0n) is 11.5. The molecule has 0 bridgehead atoms. The molecule has 1 N–H and O–H groups in total. The third kappa shape index (κ3) is 2.25. The van der Waals surface area contributed by atoms with Crippen molar-refractivity contribution < 1.29 is 14.6 Å². The van der Waals surface area contributed by atoms with Gasteiger partial charge in [0.2, 0.25) is 5.78 Å². The molecule has 0 amide bonds. The van der Waals surface area contributed by atoms with Gasteiger partial charge in [-0.3, -0.25) is 4.79 Å². The Morgan fingerprint density at radius 3 is 2.53 bits per heavy atom. The fourth-order valence-electron chi connectivity index (χ4n) is 2.37. The lowest BCUT2D eigenvalue weighted by Gasteiger charge is -2.38. The molecule has 0 aromatic heterocycles. The average Bonchev–Trinajstić information content (AvgIpc) is 2.34. The van der Waals surface area contributed by atoms with E-state index in [2.05, 4.69) is 13.8 Å². The van der Waals surface area contributed by atoms with Crippen LogP contribution in [0.25, 0.3) is 0 Å². The Morgan fingerprint density at radius 2 is 2.12 bits per heavy atom. The summed E-state index contributed by atoms with van der Waals surface area (Å²) in [5, 5.41) is 10.2. The molecule has 0 aliphatic heterocycles. The van der Waals surface area contributed by atoms with E-state index in [1.165, 1.54) is 0 Å². The van der Waals surface area contributed by atoms with E-state index in [0.717, 1.165) is 12.0 Å². The van der Waals surface area contributed by atoms with E-state index in [-0.39, 0.29) is 11.7 Å². The zero-order chi connectivity index (χ0) is 13.2. The molecule has 0 saturated heterocycles. The first-order valence-electron chi connectivity index (χ1n) is 6.42. The second kappa shape index (κ2) is 5.21. The van der Waals surface area contributed by atoms with Gasteiger partial charge >= 0.3 is 0 Å². The standard InChI is InChI=1S/C14H24O3/c1-6-9(3)10-8-11(15)14(4,7-2)13(16)12(10)17-5/h9,11,15H,6-8H2,1-5H3/t9-,11-,14-/m0/s1. The fourth-order valence-corrected chi connectivity index (χ4v) is 2.37. The molecule has 0 heterocycles. The summed E-state index contributed by atoms with van der Waals surface area (Å²) >= 11 is 0. The molecule has 0 unspecified atom stereocenters. The number of hydrogen-bond acceptors (Lipinski definition) is 3.